The molecule has 3 unspecified atom stereocenters. The van der Waals surface area contributed by atoms with E-state index in [1.165, 1.54) is 25.7 Å². The Morgan fingerprint density at radius 3 is 2.61 bits per heavy atom. The van der Waals surface area contributed by atoms with Crippen LogP contribution < -0.4 is 10.6 Å². The molecular formula is C14H24N2O2. The monoisotopic (exact) mass is 252 g/mol. The van der Waals surface area contributed by atoms with Gasteiger partial charge in [0.2, 0.25) is 0 Å². The van der Waals surface area contributed by atoms with Gasteiger partial charge in [-0.15, -0.1) is 0 Å². The molecule has 0 aromatic heterocycles. The lowest BCUT2D eigenvalue weighted by molar-refractivity contribution is -0.147. The van der Waals surface area contributed by atoms with E-state index in [4.69, 9.17) is 4.74 Å². The summed E-state index contributed by atoms with van der Waals surface area (Å²) >= 11 is 0. The third-order valence-electron chi connectivity index (χ3n) is 5.27. The number of fused-ring (bicyclic) bond motifs is 2. The zero-order valence-corrected chi connectivity index (χ0v) is 11.2. The van der Waals surface area contributed by atoms with Crippen LogP contribution in [0.4, 0.5) is 0 Å². The Hall–Kier alpha value is -0.610. The van der Waals surface area contributed by atoms with Crippen LogP contribution in [0.15, 0.2) is 0 Å². The summed E-state index contributed by atoms with van der Waals surface area (Å²) in [5.41, 5.74) is -0.576. The number of rotatable bonds is 3. The predicted molar refractivity (Wildman–Crippen MR) is 69.2 cm³/mol. The molecule has 3 fully saturated rings. The molecule has 2 saturated carbocycles. The summed E-state index contributed by atoms with van der Waals surface area (Å²) in [7, 11) is 1.67. The van der Waals surface area contributed by atoms with Crippen molar-refractivity contribution >= 4 is 5.91 Å². The molecule has 0 radical (unpaired) electrons. The Morgan fingerprint density at radius 2 is 2.06 bits per heavy atom. The summed E-state index contributed by atoms with van der Waals surface area (Å²) in [5.74, 6) is 1.73. The number of hydrogen-bond donors (Lipinski definition) is 2. The molecule has 1 aliphatic heterocycles. The van der Waals surface area contributed by atoms with Crippen LogP contribution >= 0.6 is 0 Å². The molecule has 2 aliphatic carbocycles. The Bertz CT molecular complexity index is 326. The Morgan fingerprint density at radius 1 is 1.28 bits per heavy atom. The molecule has 18 heavy (non-hydrogen) atoms. The van der Waals surface area contributed by atoms with Crippen molar-refractivity contribution in [2.45, 2.75) is 50.2 Å². The third-order valence-corrected chi connectivity index (χ3v) is 5.27. The van der Waals surface area contributed by atoms with Gasteiger partial charge in [0.25, 0.3) is 5.91 Å². The van der Waals surface area contributed by atoms with Crippen molar-refractivity contribution in [2.24, 2.45) is 11.8 Å². The number of ether oxygens (including phenoxy) is 1. The van der Waals surface area contributed by atoms with Gasteiger partial charge in [-0.25, -0.2) is 0 Å². The molecule has 2 bridgehead atoms. The number of piperidine rings is 1. The van der Waals surface area contributed by atoms with E-state index < -0.39 is 5.60 Å². The lowest BCUT2D eigenvalue weighted by atomic mass is 9.89. The van der Waals surface area contributed by atoms with Gasteiger partial charge in [0, 0.05) is 13.2 Å². The topological polar surface area (TPSA) is 50.4 Å². The highest BCUT2D eigenvalue weighted by atomic mass is 16.5. The van der Waals surface area contributed by atoms with E-state index in [0.29, 0.717) is 6.04 Å². The highest BCUT2D eigenvalue weighted by molar-refractivity contribution is 5.85. The predicted octanol–water partition coefficient (Wildman–Crippen LogP) is 1.06. The van der Waals surface area contributed by atoms with Crippen molar-refractivity contribution in [2.75, 3.05) is 20.2 Å². The molecule has 1 heterocycles. The van der Waals surface area contributed by atoms with Crippen LogP contribution in [0.3, 0.4) is 0 Å². The smallest absolute Gasteiger partial charge is 0.252 e. The van der Waals surface area contributed by atoms with Crippen LogP contribution in [0, 0.1) is 11.8 Å². The van der Waals surface area contributed by atoms with Crippen molar-refractivity contribution in [1.29, 1.82) is 0 Å². The number of methoxy groups -OCH3 is 1. The van der Waals surface area contributed by atoms with Gasteiger partial charge in [0.05, 0.1) is 0 Å². The van der Waals surface area contributed by atoms with Crippen LogP contribution in [0.1, 0.15) is 38.5 Å². The van der Waals surface area contributed by atoms with Crippen molar-refractivity contribution in [3.05, 3.63) is 0 Å². The molecule has 0 aromatic carbocycles. The number of nitrogens with one attached hydrogen (secondary N) is 2. The number of carbonyl (C=O) groups is 1. The second kappa shape index (κ2) is 4.82. The van der Waals surface area contributed by atoms with Crippen molar-refractivity contribution in [1.82, 2.24) is 10.6 Å². The van der Waals surface area contributed by atoms with Crippen molar-refractivity contribution < 1.29 is 9.53 Å². The highest BCUT2D eigenvalue weighted by Crippen LogP contribution is 2.44. The molecular weight excluding hydrogens is 228 g/mol. The summed E-state index contributed by atoms with van der Waals surface area (Å²) < 4.78 is 5.58. The van der Waals surface area contributed by atoms with E-state index >= 15 is 0 Å². The minimum Gasteiger partial charge on any atom is -0.368 e. The molecule has 102 valence electrons. The van der Waals surface area contributed by atoms with Gasteiger partial charge in [0.15, 0.2) is 0 Å². The lowest BCUT2D eigenvalue weighted by Crippen LogP contribution is -2.56. The largest absolute Gasteiger partial charge is 0.368 e. The van der Waals surface area contributed by atoms with Crippen LogP contribution in [0.2, 0.25) is 0 Å². The summed E-state index contributed by atoms with van der Waals surface area (Å²) in [6.07, 6.45) is 6.76. The van der Waals surface area contributed by atoms with E-state index in [2.05, 4.69) is 10.6 Å². The Labute approximate surface area is 109 Å². The van der Waals surface area contributed by atoms with Gasteiger partial charge in [-0.3, -0.25) is 4.79 Å². The molecule has 1 saturated heterocycles. The Balaban J connectivity index is 1.63. The second-order valence-corrected chi connectivity index (χ2v) is 6.20. The van der Waals surface area contributed by atoms with Gasteiger partial charge >= 0.3 is 0 Å². The van der Waals surface area contributed by atoms with Crippen LogP contribution in [-0.2, 0) is 9.53 Å². The molecule has 3 aliphatic rings. The highest BCUT2D eigenvalue weighted by Gasteiger charge is 2.45. The first-order valence-corrected chi connectivity index (χ1v) is 7.30. The van der Waals surface area contributed by atoms with E-state index in [0.717, 1.165) is 37.8 Å². The summed E-state index contributed by atoms with van der Waals surface area (Å²) in [6.45, 7) is 1.75. The normalized spacial score (nSPS) is 37.7. The van der Waals surface area contributed by atoms with Gasteiger partial charge < -0.3 is 15.4 Å². The molecule has 1 amide bonds. The fourth-order valence-electron chi connectivity index (χ4n) is 4.08. The maximum Gasteiger partial charge on any atom is 0.252 e. The molecule has 3 rings (SSSR count). The first-order valence-electron chi connectivity index (χ1n) is 7.30. The van der Waals surface area contributed by atoms with E-state index in [1.807, 2.05) is 0 Å². The third kappa shape index (κ3) is 2.05. The van der Waals surface area contributed by atoms with Gasteiger partial charge in [-0.2, -0.15) is 0 Å². The Kier molecular flexibility index (Phi) is 3.32. The second-order valence-electron chi connectivity index (χ2n) is 6.20. The minimum absolute atomic E-state index is 0.129. The molecule has 3 atom stereocenters. The maximum atomic E-state index is 12.5. The zero-order valence-electron chi connectivity index (χ0n) is 11.2. The average molecular weight is 252 g/mol. The van der Waals surface area contributed by atoms with Crippen LogP contribution in [0.25, 0.3) is 0 Å². The molecule has 2 N–H and O–H groups in total. The molecule has 4 heteroatoms. The summed E-state index contributed by atoms with van der Waals surface area (Å²) in [6, 6.07) is 0.415. The standard InChI is InChI=1S/C14H24N2O2/c1-18-14(4-6-15-7-5-14)13(17)16-12-9-10-2-3-11(12)8-10/h10-12,15H,2-9H2,1H3,(H,16,17). The fourth-order valence-corrected chi connectivity index (χ4v) is 4.08. The molecule has 0 spiro atoms. The molecule has 4 nitrogen and oxygen atoms in total. The zero-order chi connectivity index (χ0) is 12.6. The van der Waals surface area contributed by atoms with Gasteiger partial charge in [-0.05, 0) is 57.0 Å². The summed E-state index contributed by atoms with van der Waals surface area (Å²) in [4.78, 5) is 12.5. The van der Waals surface area contributed by atoms with Gasteiger partial charge in [-0.1, -0.05) is 6.42 Å². The number of carbonyl (C=O) groups excluding carboxylic acids is 1. The van der Waals surface area contributed by atoms with Crippen LogP contribution in [-0.4, -0.2) is 37.7 Å². The van der Waals surface area contributed by atoms with Gasteiger partial charge in [0.1, 0.15) is 5.60 Å². The van der Waals surface area contributed by atoms with Crippen molar-refractivity contribution in [3.63, 3.8) is 0 Å². The summed E-state index contributed by atoms with van der Waals surface area (Å²) in [5, 5.41) is 6.57. The van der Waals surface area contributed by atoms with E-state index in [-0.39, 0.29) is 5.91 Å². The van der Waals surface area contributed by atoms with E-state index in [9.17, 15) is 4.79 Å². The fraction of sp³-hybridized carbons (Fsp3) is 0.929. The number of hydrogen-bond acceptors (Lipinski definition) is 3. The first kappa shape index (κ1) is 12.4. The van der Waals surface area contributed by atoms with E-state index in [1.54, 1.807) is 7.11 Å². The number of amides is 1. The maximum absolute atomic E-state index is 12.5. The quantitative estimate of drug-likeness (QED) is 0.789. The van der Waals surface area contributed by atoms with Crippen molar-refractivity contribution in [3.8, 4) is 0 Å². The minimum atomic E-state index is -0.576. The lowest BCUT2D eigenvalue weighted by Gasteiger charge is -2.36. The SMILES string of the molecule is COC1(C(=O)NC2CC3CCC2C3)CCNCC1. The van der Waals surface area contributed by atoms with Crippen LogP contribution in [0.5, 0.6) is 0 Å². The first-order chi connectivity index (χ1) is 8.73. The average Bonchev–Trinajstić information content (AvgIpc) is 3.01. The molecule has 0 aromatic rings.